The second-order valence-electron chi connectivity index (χ2n) is 6.56. The van der Waals surface area contributed by atoms with Crippen LogP contribution in [0.15, 0.2) is 48.5 Å². The molecule has 0 aliphatic heterocycles. The molecule has 2 aromatic rings. The highest BCUT2D eigenvalue weighted by Crippen LogP contribution is 2.29. The van der Waals surface area contributed by atoms with Crippen LogP contribution in [0.3, 0.4) is 0 Å². The summed E-state index contributed by atoms with van der Waals surface area (Å²) in [5.41, 5.74) is 0.799. The molecule has 0 unspecified atom stereocenters. The Balaban J connectivity index is 1.89. The van der Waals surface area contributed by atoms with Crippen LogP contribution < -0.4 is 16.0 Å². The average molecular weight is 393 g/mol. The van der Waals surface area contributed by atoms with E-state index < -0.39 is 17.6 Å². The molecule has 5 nitrogen and oxygen atoms in total. The second kappa shape index (κ2) is 9.25. The summed E-state index contributed by atoms with van der Waals surface area (Å²) in [6, 6.07) is 11.2. The summed E-state index contributed by atoms with van der Waals surface area (Å²) in [6.07, 6.45) is -4.42. The van der Waals surface area contributed by atoms with Gasteiger partial charge in [0, 0.05) is 24.7 Å². The van der Waals surface area contributed by atoms with E-state index in [0.29, 0.717) is 17.7 Å². The average Bonchev–Trinajstić information content (AvgIpc) is 2.64. The van der Waals surface area contributed by atoms with E-state index in [1.807, 2.05) is 13.8 Å². The van der Waals surface area contributed by atoms with Gasteiger partial charge in [-0.25, -0.2) is 4.79 Å². The SMILES string of the molecule is CC(C)NC(=O)NCc1ccc(C(=O)NCc2cccc(C(F)(F)F)c2)cc1. The molecule has 0 saturated heterocycles. The first-order valence-corrected chi connectivity index (χ1v) is 8.73. The molecule has 0 heterocycles. The van der Waals surface area contributed by atoms with Gasteiger partial charge in [0.05, 0.1) is 5.56 Å². The fourth-order valence-electron chi connectivity index (χ4n) is 2.41. The summed E-state index contributed by atoms with van der Waals surface area (Å²) in [6.45, 7) is 4.00. The van der Waals surface area contributed by atoms with E-state index in [2.05, 4.69) is 16.0 Å². The highest BCUT2D eigenvalue weighted by molar-refractivity contribution is 5.94. The molecule has 8 heteroatoms. The Labute approximate surface area is 161 Å². The Morgan fingerprint density at radius 3 is 2.18 bits per heavy atom. The zero-order valence-corrected chi connectivity index (χ0v) is 15.6. The molecule has 0 atom stereocenters. The van der Waals surface area contributed by atoms with Gasteiger partial charge in [0.25, 0.3) is 5.91 Å². The van der Waals surface area contributed by atoms with Gasteiger partial charge in [-0.2, -0.15) is 13.2 Å². The standard InChI is InChI=1S/C20H22F3N3O2/c1-13(2)26-19(28)25-11-14-6-8-16(9-7-14)18(27)24-12-15-4-3-5-17(10-15)20(21,22)23/h3-10,13H,11-12H2,1-2H3,(H,24,27)(H2,25,26,28). The zero-order valence-electron chi connectivity index (χ0n) is 15.6. The van der Waals surface area contributed by atoms with Crippen molar-refractivity contribution in [3.8, 4) is 0 Å². The van der Waals surface area contributed by atoms with E-state index in [9.17, 15) is 22.8 Å². The molecule has 3 N–H and O–H groups in total. The maximum absolute atomic E-state index is 12.7. The molecule has 0 aliphatic rings. The molecule has 0 spiro atoms. The number of nitrogens with one attached hydrogen (secondary N) is 3. The summed E-state index contributed by atoms with van der Waals surface area (Å²) >= 11 is 0. The first-order chi connectivity index (χ1) is 13.1. The zero-order chi connectivity index (χ0) is 20.7. The summed E-state index contributed by atoms with van der Waals surface area (Å²) < 4.78 is 38.2. The van der Waals surface area contributed by atoms with E-state index in [1.54, 1.807) is 24.3 Å². The number of halogens is 3. The Kier molecular flexibility index (Phi) is 7.03. The number of alkyl halides is 3. The van der Waals surface area contributed by atoms with Crippen molar-refractivity contribution in [1.82, 2.24) is 16.0 Å². The molecule has 0 aromatic heterocycles. The fraction of sp³-hybridized carbons (Fsp3) is 0.300. The van der Waals surface area contributed by atoms with E-state index in [4.69, 9.17) is 0 Å². The first kappa shape index (κ1) is 21.3. The van der Waals surface area contributed by atoms with Gasteiger partial charge in [-0.1, -0.05) is 24.3 Å². The molecule has 0 bridgehead atoms. The Bertz CT molecular complexity index is 818. The third kappa shape index (κ3) is 6.61. The lowest BCUT2D eigenvalue weighted by Gasteiger charge is -2.11. The van der Waals surface area contributed by atoms with Crippen molar-refractivity contribution in [1.29, 1.82) is 0 Å². The van der Waals surface area contributed by atoms with Gasteiger partial charge in [-0.3, -0.25) is 4.79 Å². The maximum Gasteiger partial charge on any atom is 0.416 e. The van der Waals surface area contributed by atoms with Crippen LogP contribution in [-0.4, -0.2) is 18.0 Å². The number of carbonyl (C=O) groups is 2. The second-order valence-corrected chi connectivity index (χ2v) is 6.56. The quantitative estimate of drug-likeness (QED) is 0.698. The molecular weight excluding hydrogens is 371 g/mol. The Morgan fingerprint density at radius 1 is 0.929 bits per heavy atom. The minimum Gasteiger partial charge on any atom is -0.348 e. The van der Waals surface area contributed by atoms with Crippen molar-refractivity contribution < 1.29 is 22.8 Å². The van der Waals surface area contributed by atoms with Crippen molar-refractivity contribution in [2.45, 2.75) is 39.2 Å². The molecule has 3 amide bonds. The van der Waals surface area contributed by atoms with Crippen molar-refractivity contribution in [3.05, 3.63) is 70.8 Å². The van der Waals surface area contributed by atoms with Crippen LogP contribution in [0.25, 0.3) is 0 Å². The van der Waals surface area contributed by atoms with Crippen molar-refractivity contribution in [3.63, 3.8) is 0 Å². The Hall–Kier alpha value is -3.03. The molecule has 0 radical (unpaired) electrons. The summed E-state index contributed by atoms with van der Waals surface area (Å²) in [5, 5.41) is 8.00. The van der Waals surface area contributed by atoms with Crippen molar-refractivity contribution >= 4 is 11.9 Å². The van der Waals surface area contributed by atoms with Gasteiger partial charge in [-0.15, -0.1) is 0 Å². The van der Waals surface area contributed by atoms with E-state index in [-0.39, 0.29) is 18.6 Å². The molecule has 2 aromatic carbocycles. The number of carbonyl (C=O) groups excluding carboxylic acids is 2. The minimum absolute atomic E-state index is 0.0125. The molecule has 0 saturated carbocycles. The van der Waals surface area contributed by atoms with Crippen LogP contribution in [0.4, 0.5) is 18.0 Å². The molecule has 150 valence electrons. The van der Waals surface area contributed by atoms with E-state index in [1.165, 1.54) is 12.1 Å². The first-order valence-electron chi connectivity index (χ1n) is 8.73. The number of hydrogen-bond donors (Lipinski definition) is 3. The number of amides is 3. The summed E-state index contributed by atoms with van der Waals surface area (Å²) in [7, 11) is 0. The van der Waals surface area contributed by atoms with Crippen LogP contribution in [0.5, 0.6) is 0 Å². The predicted molar refractivity (Wildman–Crippen MR) is 99.6 cm³/mol. The predicted octanol–water partition coefficient (Wildman–Crippen LogP) is 3.84. The van der Waals surface area contributed by atoms with E-state index in [0.717, 1.165) is 17.7 Å². The van der Waals surface area contributed by atoms with Crippen LogP contribution in [0, 0.1) is 0 Å². The van der Waals surface area contributed by atoms with Crippen LogP contribution in [-0.2, 0) is 19.3 Å². The normalized spacial score (nSPS) is 11.2. The van der Waals surface area contributed by atoms with Crippen molar-refractivity contribution in [2.75, 3.05) is 0 Å². The van der Waals surface area contributed by atoms with Crippen LogP contribution in [0.2, 0.25) is 0 Å². The van der Waals surface area contributed by atoms with Crippen molar-refractivity contribution in [2.24, 2.45) is 0 Å². The monoisotopic (exact) mass is 393 g/mol. The van der Waals surface area contributed by atoms with Gasteiger partial charge < -0.3 is 16.0 Å². The van der Waals surface area contributed by atoms with Crippen LogP contribution in [0.1, 0.15) is 40.9 Å². The number of benzene rings is 2. The lowest BCUT2D eigenvalue weighted by atomic mass is 10.1. The fourth-order valence-corrected chi connectivity index (χ4v) is 2.41. The molecule has 0 aliphatic carbocycles. The van der Waals surface area contributed by atoms with Gasteiger partial charge in [0.1, 0.15) is 0 Å². The molecule has 28 heavy (non-hydrogen) atoms. The van der Waals surface area contributed by atoms with Gasteiger partial charge in [0.2, 0.25) is 0 Å². The molecular formula is C20H22F3N3O2. The van der Waals surface area contributed by atoms with E-state index >= 15 is 0 Å². The lowest BCUT2D eigenvalue weighted by molar-refractivity contribution is -0.137. The minimum atomic E-state index is -4.42. The summed E-state index contributed by atoms with van der Waals surface area (Å²) in [5.74, 6) is -0.394. The summed E-state index contributed by atoms with van der Waals surface area (Å²) in [4.78, 5) is 23.7. The number of hydrogen-bond acceptors (Lipinski definition) is 2. The third-order valence-electron chi connectivity index (χ3n) is 3.80. The lowest BCUT2D eigenvalue weighted by Crippen LogP contribution is -2.39. The smallest absolute Gasteiger partial charge is 0.348 e. The highest BCUT2D eigenvalue weighted by atomic mass is 19.4. The number of rotatable bonds is 6. The van der Waals surface area contributed by atoms with Gasteiger partial charge in [-0.05, 0) is 49.2 Å². The maximum atomic E-state index is 12.7. The third-order valence-corrected chi connectivity index (χ3v) is 3.80. The highest BCUT2D eigenvalue weighted by Gasteiger charge is 2.30. The van der Waals surface area contributed by atoms with Gasteiger partial charge >= 0.3 is 12.2 Å². The Morgan fingerprint density at radius 2 is 1.57 bits per heavy atom. The molecule has 2 rings (SSSR count). The van der Waals surface area contributed by atoms with Gasteiger partial charge in [0.15, 0.2) is 0 Å². The number of urea groups is 1. The topological polar surface area (TPSA) is 70.2 Å². The largest absolute Gasteiger partial charge is 0.416 e. The van der Waals surface area contributed by atoms with Crippen LogP contribution >= 0.6 is 0 Å². The molecule has 0 fully saturated rings.